The maximum absolute atomic E-state index is 12.1. The molecule has 0 fully saturated rings. The van der Waals surface area contributed by atoms with Gasteiger partial charge in [0.2, 0.25) is 0 Å². The second-order valence-corrected chi connectivity index (χ2v) is 5.46. The molecule has 1 rings (SSSR count). The van der Waals surface area contributed by atoms with Crippen LogP contribution >= 0.6 is 11.8 Å². The van der Waals surface area contributed by atoms with Gasteiger partial charge in [-0.1, -0.05) is 0 Å². The van der Waals surface area contributed by atoms with Crippen LogP contribution in [0.4, 0.5) is 0 Å². The molecule has 0 amide bonds. The van der Waals surface area contributed by atoms with Gasteiger partial charge < -0.3 is 9.30 Å². The van der Waals surface area contributed by atoms with Gasteiger partial charge in [-0.05, 0) is 39.0 Å². The van der Waals surface area contributed by atoms with Crippen molar-refractivity contribution >= 4 is 17.5 Å². The van der Waals surface area contributed by atoms with Crippen molar-refractivity contribution in [3.05, 3.63) is 23.0 Å². The minimum atomic E-state index is 0.241. The summed E-state index contributed by atoms with van der Waals surface area (Å²) >= 11 is 1.69. The maximum atomic E-state index is 12.1. The predicted octanol–water partition coefficient (Wildman–Crippen LogP) is 3.08. The van der Waals surface area contributed by atoms with Crippen LogP contribution in [0, 0.1) is 13.8 Å². The fourth-order valence-electron chi connectivity index (χ4n) is 2.12. The Morgan fingerprint density at radius 1 is 1.44 bits per heavy atom. The predicted molar refractivity (Wildman–Crippen MR) is 77.7 cm³/mol. The second kappa shape index (κ2) is 7.64. The molecule has 1 aromatic rings. The van der Waals surface area contributed by atoms with Crippen molar-refractivity contribution in [1.82, 2.24) is 4.57 Å². The Hall–Kier alpha value is -0.740. The van der Waals surface area contributed by atoms with E-state index in [1.165, 1.54) is 5.69 Å². The molecule has 0 aliphatic rings. The van der Waals surface area contributed by atoms with Gasteiger partial charge in [-0.3, -0.25) is 4.79 Å². The lowest BCUT2D eigenvalue weighted by atomic mass is 10.2. The van der Waals surface area contributed by atoms with Gasteiger partial charge in [0.25, 0.3) is 0 Å². The van der Waals surface area contributed by atoms with E-state index in [-0.39, 0.29) is 5.78 Å². The molecule has 3 nitrogen and oxygen atoms in total. The first-order valence-corrected chi connectivity index (χ1v) is 7.53. The Kier molecular flexibility index (Phi) is 6.50. The molecular formula is C14H23NO2S. The second-order valence-electron chi connectivity index (χ2n) is 4.35. The van der Waals surface area contributed by atoms with Gasteiger partial charge in [0.05, 0.1) is 5.75 Å². The van der Waals surface area contributed by atoms with E-state index in [1.807, 2.05) is 13.0 Å². The molecule has 0 radical (unpaired) electrons. The Bertz CT molecular complexity index is 399. The Morgan fingerprint density at radius 3 is 2.72 bits per heavy atom. The number of carbonyl (C=O) groups is 1. The summed E-state index contributed by atoms with van der Waals surface area (Å²) in [5.41, 5.74) is 3.15. The largest absolute Gasteiger partial charge is 0.385 e. The number of hydrogen-bond donors (Lipinski definition) is 0. The van der Waals surface area contributed by atoms with Crippen molar-refractivity contribution in [2.45, 2.75) is 33.7 Å². The summed E-state index contributed by atoms with van der Waals surface area (Å²) in [6.07, 6.45) is 1.00. The number of thioether (sulfide) groups is 1. The molecule has 1 heterocycles. The summed E-state index contributed by atoms with van der Waals surface area (Å²) in [5, 5.41) is 0. The monoisotopic (exact) mass is 269 g/mol. The zero-order chi connectivity index (χ0) is 13.5. The fraction of sp³-hybridized carbons (Fsp3) is 0.643. The van der Waals surface area contributed by atoms with Gasteiger partial charge in [0.15, 0.2) is 5.78 Å². The average molecular weight is 269 g/mol. The number of ether oxygens (including phenoxy) is 1. The quantitative estimate of drug-likeness (QED) is 0.537. The number of aryl methyl sites for hydroxylation is 1. The Labute approximate surface area is 114 Å². The molecule has 0 saturated heterocycles. The molecule has 0 saturated carbocycles. The van der Waals surface area contributed by atoms with Crippen LogP contribution < -0.4 is 0 Å². The number of carbonyl (C=O) groups excluding carboxylic acids is 1. The van der Waals surface area contributed by atoms with Crippen molar-refractivity contribution in [2.75, 3.05) is 25.2 Å². The third kappa shape index (κ3) is 3.89. The van der Waals surface area contributed by atoms with E-state index in [4.69, 9.17) is 4.74 Å². The third-order valence-corrected chi connectivity index (χ3v) is 4.10. The van der Waals surface area contributed by atoms with Gasteiger partial charge in [0, 0.05) is 37.2 Å². The van der Waals surface area contributed by atoms with Gasteiger partial charge in [-0.15, -0.1) is 0 Å². The zero-order valence-corrected chi connectivity index (χ0v) is 12.6. The van der Waals surface area contributed by atoms with Gasteiger partial charge in [-0.25, -0.2) is 0 Å². The minimum Gasteiger partial charge on any atom is -0.385 e. The molecule has 0 aliphatic heterocycles. The molecule has 4 heteroatoms. The number of nitrogens with zero attached hydrogens (tertiary/aromatic N) is 1. The van der Waals surface area contributed by atoms with E-state index in [0.717, 1.165) is 36.6 Å². The maximum Gasteiger partial charge on any atom is 0.174 e. The smallest absolute Gasteiger partial charge is 0.174 e. The molecule has 0 atom stereocenters. The van der Waals surface area contributed by atoms with Crippen LogP contribution in [0.25, 0.3) is 0 Å². The Balaban J connectivity index is 2.52. The summed E-state index contributed by atoms with van der Waals surface area (Å²) in [4.78, 5) is 12.1. The summed E-state index contributed by atoms with van der Waals surface area (Å²) in [6, 6.07) is 2.01. The van der Waals surface area contributed by atoms with Crippen LogP contribution in [0.3, 0.4) is 0 Å². The molecule has 0 aliphatic carbocycles. The van der Waals surface area contributed by atoms with E-state index >= 15 is 0 Å². The minimum absolute atomic E-state index is 0.241. The molecule has 0 unspecified atom stereocenters. The van der Waals surface area contributed by atoms with E-state index in [2.05, 4.69) is 18.4 Å². The number of Topliss-reactive ketones (excluding diaryl/α,β-unsaturated/α-hetero) is 1. The van der Waals surface area contributed by atoms with Crippen molar-refractivity contribution < 1.29 is 9.53 Å². The van der Waals surface area contributed by atoms with E-state index in [0.29, 0.717) is 5.75 Å². The van der Waals surface area contributed by atoms with Gasteiger partial charge >= 0.3 is 0 Å². The first-order chi connectivity index (χ1) is 8.61. The topological polar surface area (TPSA) is 31.2 Å². The highest BCUT2D eigenvalue weighted by Gasteiger charge is 2.14. The van der Waals surface area contributed by atoms with Crippen LogP contribution in [-0.2, 0) is 11.3 Å². The molecule has 0 aromatic carbocycles. The standard InChI is InChI=1S/C14H23NO2S/c1-5-15-11(2)9-13(12(15)3)14(16)10-18-8-6-7-17-4/h9H,5-8,10H2,1-4H3. The van der Waals surface area contributed by atoms with E-state index in [1.54, 1.807) is 18.9 Å². The first-order valence-electron chi connectivity index (χ1n) is 6.38. The van der Waals surface area contributed by atoms with Crippen LogP contribution in [-0.4, -0.2) is 35.6 Å². The number of aromatic nitrogens is 1. The number of ketones is 1. The zero-order valence-electron chi connectivity index (χ0n) is 11.8. The Morgan fingerprint density at radius 2 is 2.17 bits per heavy atom. The average Bonchev–Trinajstić information content (AvgIpc) is 2.64. The van der Waals surface area contributed by atoms with Crippen molar-refractivity contribution in [2.24, 2.45) is 0 Å². The van der Waals surface area contributed by atoms with Crippen LogP contribution in [0.5, 0.6) is 0 Å². The summed E-state index contributed by atoms with van der Waals surface area (Å²) < 4.78 is 7.17. The number of rotatable bonds is 8. The van der Waals surface area contributed by atoms with E-state index in [9.17, 15) is 4.79 Å². The van der Waals surface area contributed by atoms with Crippen molar-refractivity contribution in [1.29, 1.82) is 0 Å². The lowest BCUT2D eigenvalue weighted by Crippen LogP contribution is -2.06. The first kappa shape index (κ1) is 15.3. The molecule has 1 aromatic heterocycles. The van der Waals surface area contributed by atoms with Gasteiger partial charge in [0.1, 0.15) is 0 Å². The van der Waals surface area contributed by atoms with E-state index < -0.39 is 0 Å². The molecule has 0 spiro atoms. The molecular weight excluding hydrogens is 246 g/mol. The van der Waals surface area contributed by atoms with Crippen molar-refractivity contribution in [3.8, 4) is 0 Å². The van der Waals surface area contributed by atoms with Crippen molar-refractivity contribution in [3.63, 3.8) is 0 Å². The fourth-order valence-corrected chi connectivity index (χ4v) is 2.93. The highest BCUT2D eigenvalue weighted by molar-refractivity contribution is 7.99. The third-order valence-electron chi connectivity index (χ3n) is 3.06. The summed E-state index contributed by atoms with van der Waals surface area (Å²) in [7, 11) is 1.70. The summed E-state index contributed by atoms with van der Waals surface area (Å²) in [5.74, 6) is 1.79. The van der Waals surface area contributed by atoms with Crippen LogP contribution in [0.15, 0.2) is 6.07 Å². The molecule has 0 N–H and O–H groups in total. The lowest BCUT2D eigenvalue weighted by molar-refractivity contribution is 0.102. The van der Waals surface area contributed by atoms with Crippen LogP contribution in [0.2, 0.25) is 0 Å². The highest BCUT2D eigenvalue weighted by atomic mass is 32.2. The summed E-state index contributed by atoms with van der Waals surface area (Å²) in [6.45, 7) is 7.88. The molecule has 0 bridgehead atoms. The lowest BCUT2D eigenvalue weighted by Gasteiger charge is -2.05. The SMILES string of the molecule is CCn1c(C)cc(C(=O)CSCCCOC)c1C. The highest BCUT2D eigenvalue weighted by Crippen LogP contribution is 2.17. The normalized spacial score (nSPS) is 10.9. The number of hydrogen-bond acceptors (Lipinski definition) is 3. The number of methoxy groups -OCH3 is 1. The van der Waals surface area contributed by atoms with Gasteiger partial charge in [-0.2, -0.15) is 11.8 Å². The molecule has 18 heavy (non-hydrogen) atoms. The van der Waals surface area contributed by atoms with Crippen LogP contribution in [0.1, 0.15) is 35.1 Å². The molecule has 102 valence electrons.